The highest BCUT2D eigenvalue weighted by Gasteiger charge is 2.25. The van der Waals surface area contributed by atoms with Crippen molar-refractivity contribution in [2.45, 2.75) is 71.8 Å². The summed E-state index contributed by atoms with van der Waals surface area (Å²) in [6.45, 7) is 11.4. The maximum Gasteiger partial charge on any atom is 0.223 e. The standard InChI is InChI=1S/C26H34FN5O3/c1-14(2)28-12-22-16(5)25(34)18-7-6-17(10-21(18)32(22)15(3)4)24-19(27)11-29-26(31-24)30-20-8-9-35-13-23(20)33/h6-7,10-11,14-15,20,23,28,33H,8-9,12-13H2,1-5H3,(H,29,30,31)/t20-,23-/m1/s1. The van der Waals surface area contributed by atoms with Crippen molar-refractivity contribution >= 4 is 16.9 Å². The lowest BCUT2D eigenvalue weighted by molar-refractivity contribution is -0.0136. The summed E-state index contributed by atoms with van der Waals surface area (Å²) in [6.07, 6.45) is 1.03. The molecule has 1 fully saturated rings. The van der Waals surface area contributed by atoms with Gasteiger partial charge in [0.15, 0.2) is 11.2 Å². The van der Waals surface area contributed by atoms with Gasteiger partial charge in [0, 0.05) is 47.4 Å². The minimum atomic E-state index is -0.692. The first-order valence-corrected chi connectivity index (χ1v) is 12.1. The molecule has 3 aromatic rings. The van der Waals surface area contributed by atoms with E-state index in [9.17, 15) is 14.3 Å². The van der Waals surface area contributed by atoms with Gasteiger partial charge in [-0.05, 0) is 39.3 Å². The predicted octanol–water partition coefficient (Wildman–Crippen LogP) is 3.55. The summed E-state index contributed by atoms with van der Waals surface area (Å²) in [5, 5.41) is 17.3. The van der Waals surface area contributed by atoms with Crippen LogP contribution in [0.3, 0.4) is 0 Å². The van der Waals surface area contributed by atoms with Crippen molar-refractivity contribution in [3.05, 3.63) is 51.7 Å². The quantitative estimate of drug-likeness (QED) is 0.472. The normalized spacial score (nSPS) is 18.5. The average Bonchev–Trinajstić information content (AvgIpc) is 2.82. The third-order valence-corrected chi connectivity index (χ3v) is 6.42. The van der Waals surface area contributed by atoms with Gasteiger partial charge in [-0.1, -0.05) is 19.9 Å². The molecule has 0 radical (unpaired) electrons. The Balaban J connectivity index is 1.81. The van der Waals surface area contributed by atoms with Crippen molar-refractivity contribution in [3.8, 4) is 11.3 Å². The van der Waals surface area contributed by atoms with Gasteiger partial charge in [-0.2, -0.15) is 0 Å². The van der Waals surface area contributed by atoms with Crippen LogP contribution in [0.25, 0.3) is 22.2 Å². The SMILES string of the molecule is Cc1c(CNC(C)C)n(C(C)C)c2cc(-c3nc(N[C@@H]4CCOC[C@H]4O)ncc3F)ccc2c1=O. The minimum Gasteiger partial charge on any atom is -0.389 e. The second kappa shape index (κ2) is 10.4. The van der Waals surface area contributed by atoms with Crippen molar-refractivity contribution in [2.75, 3.05) is 18.5 Å². The van der Waals surface area contributed by atoms with Gasteiger partial charge < -0.3 is 25.0 Å². The summed E-state index contributed by atoms with van der Waals surface area (Å²) >= 11 is 0. The maximum absolute atomic E-state index is 14.9. The largest absolute Gasteiger partial charge is 0.389 e. The van der Waals surface area contributed by atoms with Crippen LogP contribution < -0.4 is 16.1 Å². The average molecular weight is 484 g/mol. The Morgan fingerprint density at radius 2 is 2.06 bits per heavy atom. The molecule has 1 aliphatic rings. The zero-order valence-electron chi connectivity index (χ0n) is 20.9. The molecule has 3 N–H and O–H groups in total. The summed E-state index contributed by atoms with van der Waals surface area (Å²) in [4.78, 5) is 21.7. The van der Waals surface area contributed by atoms with E-state index in [0.717, 1.165) is 17.4 Å². The highest BCUT2D eigenvalue weighted by Crippen LogP contribution is 2.28. The Kier molecular flexibility index (Phi) is 7.49. The molecule has 3 heterocycles. The Morgan fingerprint density at radius 3 is 2.74 bits per heavy atom. The Morgan fingerprint density at radius 1 is 1.29 bits per heavy atom. The van der Waals surface area contributed by atoms with Crippen LogP contribution in [0, 0.1) is 12.7 Å². The van der Waals surface area contributed by atoms with E-state index >= 15 is 0 Å². The van der Waals surface area contributed by atoms with Crippen molar-refractivity contribution < 1.29 is 14.2 Å². The van der Waals surface area contributed by atoms with Crippen LogP contribution in [0.5, 0.6) is 0 Å². The number of pyridine rings is 1. The lowest BCUT2D eigenvalue weighted by atomic mass is 10.0. The molecule has 2 atom stereocenters. The molecule has 1 aromatic carbocycles. The third kappa shape index (κ3) is 5.22. The van der Waals surface area contributed by atoms with Crippen LogP contribution in [0.4, 0.5) is 10.3 Å². The minimum absolute atomic E-state index is 0.0250. The van der Waals surface area contributed by atoms with Gasteiger partial charge in [0.2, 0.25) is 5.95 Å². The summed E-state index contributed by atoms with van der Waals surface area (Å²) in [5.74, 6) is -0.325. The number of aliphatic hydroxyl groups is 1. The third-order valence-electron chi connectivity index (χ3n) is 6.42. The summed E-state index contributed by atoms with van der Waals surface area (Å²) in [6, 6.07) is 5.37. The molecular formula is C26H34FN5O3. The fourth-order valence-electron chi connectivity index (χ4n) is 4.53. The fourth-order valence-corrected chi connectivity index (χ4v) is 4.53. The first kappa shape index (κ1) is 25.2. The highest BCUT2D eigenvalue weighted by atomic mass is 19.1. The molecule has 1 saturated heterocycles. The number of aliphatic hydroxyl groups excluding tert-OH is 1. The van der Waals surface area contributed by atoms with Crippen molar-refractivity contribution in [2.24, 2.45) is 0 Å². The van der Waals surface area contributed by atoms with Crippen molar-refractivity contribution in [3.63, 3.8) is 0 Å². The zero-order chi connectivity index (χ0) is 25.3. The molecule has 0 unspecified atom stereocenters. The van der Waals surface area contributed by atoms with E-state index in [4.69, 9.17) is 4.74 Å². The number of anilines is 1. The van der Waals surface area contributed by atoms with Crippen LogP contribution in [-0.2, 0) is 11.3 Å². The van der Waals surface area contributed by atoms with Crippen LogP contribution in [-0.4, -0.2) is 51.0 Å². The van der Waals surface area contributed by atoms with Crippen LogP contribution in [0.15, 0.2) is 29.2 Å². The van der Waals surface area contributed by atoms with E-state index in [-0.39, 0.29) is 41.8 Å². The Hall–Kier alpha value is -2.88. The topological polar surface area (TPSA) is 101 Å². The number of hydrogen-bond donors (Lipinski definition) is 3. The number of nitrogens with one attached hydrogen (secondary N) is 2. The van der Waals surface area contributed by atoms with Gasteiger partial charge in [-0.25, -0.2) is 14.4 Å². The van der Waals surface area contributed by atoms with Gasteiger partial charge in [0.25, 0.3) is 0 Å². The highest BCUT2D eigenvalue weighted by molar-refractivity contribution is 5.85. The van der Waals surface area contributed by atoms with Gasteiger partial charge >= 0.3 is 0 Å². The molecule has 0 aliphatic carbocycles. The molecule has 8 nitrogen and oxygen atoms in total. The number of benzene rings is 1. The number of nitrogens with zero attached hydrogens (tertiary/aromatic N) is 3. The van der Waals surface area contributed by atoms with Crippen LogP contribution >= 0.6 is 0 Å². The lowest BCUT2D eigenvalue weighted by Crippen LogP contribution is -2.42. The molecule has 0 saturated carbocycles. The molecule has 1 aliphatic heterocycles. The van der Waals surface area contributed by atoms with Gasteiger partial charge in [-0.3, -0.25) is 4.79 Å². The van der Waals surface area contributed by atoms with E-state index < -0.39 is 11.9 Å². The fraction of sp³-hybridized carbons (Fsp3) is 0.500. The first-order chi connectivity index (χ1) is 16.7. The zero-order valence-corrected chi connectivity index (χ0v) is 20.9. The second-order valence-electron chi connectivity index (χ2n) is 9.70. The lowest BCUT2D eigenvalue weighted by Gasteiger charge is -2.28. The van der Waals surface area contributed by atoms with Crippen LogP contribution in [0.1, 0.15) is 51.4 Å². The molecule has 0 amide bonds. The van der Waals surface area contributed by atoms with E-state index in [1.54, 1.807) is 12.1 Å². The summed E-state index contributed by atoms with van der Waals surface area (Å²) in [5.41, 5.74) is 3.03. The number of ether oxygens (including phenoxy) is 1. The number of halogens is 1. The predicted molar refractivity (Wildman–Crippen MR) is 135 cm³/mol. The first-order valence-electron chi connectivity index (χ1n) is 12.1. The van der Waals surface area contributed by atoms with E-state index in [0.29, 0.717) is 36.1 Å². The van der Waals surface area contributed by atoms with Gasteiger partial charge in [-0.15, -0.1) is 0 Å². The van der Waals surface area contributed by atoms with Crippen LogP contribution in [0.2, 0.25) is 0 Å². The molecule has 35 heavy (non-hydrogen) atoms. The molecule has 4 rings (SSSR count). The Bertz CT molecular complexity index is 1270. The number of aromatic nitrogens is 3. The van der Waals surface area contributed by atoms with Gasteiger partial charge in [0.05, 0.1) is 30.5 Å². The second-order valence-corrected chi connectivity index (χ2v) is 9.70. The summed E-state index contributed by atoms with van der Waals surface area (Å²) in [7, 11) is 0. The molecule has 188 valence electrons. The van der Waals surface area contributed by atoms with E-state index in [1.807, 2.05) is 13.0 Å². The van der Waals surface area contributed by atoms with Gasteiger partial charge in [0.1, 0.15) is 5.69 Å². The summed E-state index contributed by atoms with van der Waals surface area (Å²) < 4.78 is 22.3. The van der Waals surface area contributed by atoms with Crippen molar-refractivity contribution in [1.82, 2.24) is 19.9 Å². The molecule has 0 bridgehead atoms. The smallest absolute Gasteiger partial charge is 0.223 e. The Labute approximate surface area is 204 Å². The molecular weight excluding hydrogens is 449 g/mol. The number of fused-ring (bicyclic) bond motifs is 1. The molecule has 0 spiro atoms. The van der Waals surface area contributed by atoms with Crippen molar-refractivity contribution in [1.29, 1.82) is 0 Å². The number of rotatable bonds is 7. The van der Waals surface area contributed by atoms with E-state index in [2.05, 4.69) is 52.9 Å². The maximum atomic E-state index is 14.9. The molecule has 2 aromatic heterocycles. The molecule has 9 heteroatoms. The van der Waals surface area contributed by atoms with E-state index in [1.165, 1.54) is 0 Å². The number of hydrogen-bond acceptors (Lipinski definition) is 7. The monoisotopic (exact) mass is 483 g/mol.